The fourth-order valence-corrected chi connectivity index (χ4v) is 3.42. The third-order valence-corrected chi connectivity index (χ3v) is 5.23. The van der Waals surface area contributed by atoms with E-state index in [2.05, 4.69) is 5.32 Å². The molecule has 10 nitrogen and oxygen atoms in total. The number of sulfonamides is 1. The molecule has 0 fully saturated rings. The first-order chi connectivity index (χ1) is 13.4. The SMILES string of the molecule is Cc1cc([N+](=O)[O-])ccc1NC(=O)COC(=O)c1cc(C)c(C)c(S(N)(=O)=O)c1. The Labute approximate surface area is 166 Å². The lowest BCUT2D eigenvalue weighted by atomic mass is 10.1. The van der Waals surface area contributed by atoms with Gasteiger partial charge in [0.15, 0.2) is 6.61 Å². The van der Waals surface area contributed by atoms with Gasteiger partial charge in [-0.05, 0) is 55.7 Å². The van der Waals surface area contributed by atoms with Crippen molar-refractivity contribution >= 4 is 33.3 Å². The van der Waals surface area contributed by atoms with Crippen molar-refractivity contribution in [2.45, 2.75) is 25.7 Å². The summed E-state index contributed by atoms with van der Waals surface area (Å²) in [5.41, 5.74) is 1.55. The van der Waals surface area contributed by atoms with Crippen molar-refractivity contribution in [3.63, 3.8) is 0 Å². The predicted molar refractivity (Wildman–Crippen MR) is 104 cm³/mol. The highest BCUT2D eigenvalue weighted by atomic mass is 32.2. The van der Waals surface area contributed by atoms with Gasteiger partial charge < -0.3 is 10.1 Å². The lowest BCUT2D eigenvalue weighted by molar-refractivity contribution is -0.384. The fourth-order valence-electron chi connectivity index (χ4n) is 2.54. The molecule has 0 aliphatic heterocycles. The highest BCUT2D eigenvalue weighted by molar-refractivity contribution is 7.89. The number of nitro benzene ring substituents is 1. The van der Waals surface area contributed by atoms with Crippen LogP contribution in [0.25, 0.3) is 0 Å². The second kappa shape index (κ2) is 8.37. The van der Waals surface area contributed by atoms with Crippen molar-refractivity contribution < 1.29 is 27.7 Å². The molecule has 0 bridgehead atoms. The van der Waals surface area contributed by atoms with Crippen LogP contribution in [0, 0.1) is 30.9 Å². The van der Waals surface area contributed by atoms with E-state index < -0.39 is 33.4 Å². The molecule has 0 spiro atoms. The van der Waals surface area contributed by atoms with E-state index in [1.165, 1.54) is 24.3 Å². The number of nitrogens with one attached hydrogen (secondary N) is 1. The number of carbonyl (C=O) groups excluding carboxylic acids is 2. The number of hydrogen-bond donors (Lipinski definition) is 2. The average molecular weight is 421 g/mol. The zero-order chi connectivity index (χ0) is 21.9. The molecule has 2 rings (SSSR count). The van der Waals surface area contributed by atoms with Crippen molar-refractivity contribution in [2.75, 3.05) is 11.9 Å². The number of non-ortho nitro benzene ring substituents is 1. The van der Waals surface area contributed by atoms with Crippen LogP contribution in [0.1, 0.15) is 27.0 Å². The summed E-state index contributed by atoms with van der Waals surface area (Å²) in [7, 11) is -4.03. The smallest absolute Gasteiger partial charge is 0.338 e. The van der Waals surface area contributed by atoms with Gasteiger partial charge in [-0.15, -0.1) is 0 Å². The number of nitro groups is 1. The molecule has 0 saturated carbocycles. The molecule has 0 radical (unpaired) electrons. The van der Waals surface area contributed by atoms with Crippen molar-refractivity contribution in [1.82, 2.24) is 0 Å². The Morgan fingerprint density at radius 1 is 1.14 bits per heavy atom. The van der Waals surface area contributed by atoms with E-state index in [0.717, 1.165) is 6.07 Å². The monoisotopic (exact) mass is 421 g/mol. The molecular formula is C18H19N3O7S. The lowest BCUT2D eigenvalue weighted by Gasteiger charge is -2.11. The molecule has 0 saturated heterocycles. The first kappa shape index (κ1) is 22.0. The van der Waals surface area contributed by atoms with Gasteiger partial charge in [-0.2, -0.15) is 0 Å². The molecule has 154 valence electrons. The van der Waals surface area contributed by atoms with E-state index in [9.17, 15) is 28.1 Å². The first-order valence-corrected chi connectivity index (χ1v) is 9.81. The van der Waals surface area contributed by atoms with Crippen molar-refractivity contribution in [3.05, 3.63) is 62.7 Å². The molecule has 3 N–H and O–H groups in total. The summed E-state index contributed by atoms with van der Waals surface area (Å²) >= 11 is 0. The second-order valence-electron chi connectivity index (χ2n) is 6.34. The minimum Gasteiger partial charge on any atom is -0.452 e. The Kier molecular flexibility index (Phi) is 6.34. The Hall–Kier alpha value is -3.31. The van der Waals surface area contributed by atoms with Crippen LogP contribution in [0.2, 0.25) is 0 Å². The number of rotatable bonds is 6. The summed E-state index contributed by atoms with van der Waals surface area (Å²) in [4.78, 5) is 34.2. The van der Waals surface area contributed by atoms with E-state index in [-0.39, 0.29) is 16.1 Å². The highest BCUT2D eigenvalue weighted by Crippen LogP contribution is 2.22. The number of primary sulfonamides is 1. The van der Waals surface area contributed by atoms with Crippen LogP contribution < -0.4 is 10.5 Å². The predicted octanol–water partition coefficient (Wildman–Crippen LogP) is 1.96. The van der Waals surface area contributed by atoms with Crippen LogP contribution in [0.3, 0.4) is 0 Å². The number of aryl methyl sites for hydroxylation is 2. The maximum absolute atomic E-state index is 12.2. The number of nitrogens with zero attached hydrogens (tertiary/aromatic N) is 1. The van der Waals surface area contributed by atoms with Crippen LogP contribution in [0.15, 0.2) is 35.2 Å². The Bertz CT molecular complexity index is 1110. The zero-order valence-corrected chi connectivity index (χ0v) is 16.7. The molecule has 0 atom stereocenters. The minimum atomic E-state index is -4.03. The third kappa shape index (κ3) is 5.36. The van der Waals surface area contributed by atoms with Gasteiger partial charge in [-0.25, -0.2) is 18.4 Å². The normalized spacial score (nSPS) is 11.0. The van der Waals surface area contributed by atoms with Gasteiger partial charge in [-0.1, -0.05) is 0 Å². The molecule has 0 aliphatic carbocycles. The number of amides is 1. The van der Waals surface area contributed by atoms with Crippen LogP contribution in [0.4, 0.5) is 11.4 Å². The number of nitrogens with two attached hydrogens (primary N) is 1. The van der Waals surface area contributed by atoms with Crippen LogP contribution >= 0.6 is 0 Å². The quantitative estimate of drug-likeness (QED) is 0.410. The van der Waals surface area contributed by atoms with E-state index in [1.807, 2.05) is 0 Å². The van der Waals surface area contributed by atoms with Gasteiger partial charge >= 0.3 is 5.97 Å². The van der Waals surface area contributed by atoms with Crippen molar-refractivity contribution in [2.24, 2.45) is 5.14 Å². The highest BCUT2D eigenvalue weighted by Gasteiger charge is 2.19. The molecule has 0 aromatic heterocycles. The Morgan fingerprint density at radius 3 is 2.34 bits per heavy atom. The summed E-state index contributed by atoms with van der Waals surface area (Å²) in [6.07, 6.45) is 0. The van der Waals surface area contributed by atoms with Crippen molar-refractivity contribution in [3.8, 4) is 0 Å². The second-order valence-corrected chi connectivity index (χ2v) is 7.87. The summed E-state index contributed by atoms with van der Waals surface area (Å²) in [6.45, 7) is 4.13. The summed E-state index contributed by atoms with van der Waals surface area (Å²) in [5.74, 6) is -1.56. The molecule has 2 aromatic rings. The van der Waals surface area contributed by atoms with E-state index in [0.29, 0.717) is 22.4 Å². The van der Waals surface area contributed by atoms with Gasteiger partial charge in [0.2, 0.25) is 10.0 Å². The standard InChI is InChI=1S/C18H19N3O7S/c1-10-6-13(8-16(12(10)3)29(19,26)27)18(23)28-9-17(22)20-15-5-4-14(21(24)25)7-11(15)2/h4-8H,9H2,1-3H3,(H,20,22)(H2,19,26,27). The largest absolute Gasteiger partial charge is 0.452 e. The maximum atomic E-state index is 12.2. The van der Waals surface area contributed by atoms with E-state index >= 15 is 0 Å². The number of benzene rings is 2. The summed E-state index contributed by atoms with van der Waals surface area (Å²) in [5, 5.41) is 18.4. The maximum Gasteiger partial charge on any atom is 0.338 e. The van der Waals surface area contributed by atoms with Crippen LogP contribution in [-0.4, -0.2) is 31.8 Å². The van der Waals surface area contributed by atoms with Gasteiger partial charge in [0, 0.05) is 17.8 Å². The molecule has 29 heavy (non-hydrogen) atoms. The van der Waals surface area contributed by atoms with Gasteiger partial charge in [0.25, 0.3) is 11.6 Å². The van der Waals surface area contributed by atoms with Gasteiger partial charge in [-0.3, -0.25) is 14.9 Å². The first-order valence-electron chi connectivity index (χ1n) is 8.26. The zero-order valence-electron chi connectivity index (χ0n) is 15.9. The lowest BCUT2D eigenvalue weighted by Crippen LogP contribution is -2.22. The summed E-state index contributed by atoms with van der Waals surface area (Å²) < 4.78 is 28.3. The molecule has 0 aliphatic rings. The van der Waals surface area contributed by atoms with Gasteiger partial charge in [0.05, 0.1) is 15.4 Å². The fraction of sp³-hybridized carbons (Fsp3) is 0.222. The van der Waals surface area contributed by atoms with Crippen LogP contribution in [-0.2, 0) is 19.6 Å². The number of hydrogen-bond acceptors (Lipinski definition) is 7. The topological polar surface area (TPSA) is 159 Å². The molecule has 1 amide bonds. The number of ether oxygens (including phenoxy) is 1. The molecule has 11 heteroatoms. The number of carbonyl (C=O) groups is 2. The van der Waals surface area contributed by atoms with E-state index in [1.54, 1.807) is 20.8 Å². The van der Waals surface area contributed by atoms with E-state index in [4.69, 9.17) is 9.88 Å². The van der Waals surface area contributed by atoms with Gasteiger partial charge in [0.1, 0.15) is 0 Å². The number of anilines is 1. The molecule has 0 heterocycles. The third-order valence-electron chi connectivity index (χ3n) is 4.19. The molecule has 2 aromatic carbocycles. The van der Waals surface area contributed by atoms with Crippen LogP contribution in [0.5, 0.6) is 0 Å². The Morgan fingerprint density at radius 2 is 1.79 bits per heavy atom. The van der Waals surface area contributed by atoms with Crippen molar-refractivity contribution in [1.29, 1.82) is 0 Å². The molecular weight excluding hydrogens is 402 g/mol. The number of esters is 1. The average Bonchev–Trinajstić information content (AvgIpc) is 2.62. The summed E-state index contributed by atoms with van der Waals surface area (Å²) in [6, 6.07) is 6.43. The Balaban J connectivity index is 2.09. The minimum absolute atomic E-state index is 0.0589. The molecule has 0 unspecified atom stereocenters.